The van der Waals surface area contributed by atoms with Gasteiger partial charge in [-0.05, 0) is 18.6 Å². The lowest BCUT2D eigenvalue weighted by Gasteiger charge is -2.04. The van der Waals surface area contributed by atoms with Gasteiger partial charge in [-0.15, -0.1) is 0 Å². The summed E-state index contributed by atoms with van der Waals surface area (Å²) in [6, 6.07) is 4.10. The monoisotopic (exact) mass is 158 g/mol. The summed E-state index contributed by atoms with van der Waals surface area (Å²) in [5.74, 6) is -0.0807. The average molecular weight is 158 g/mol. The lowest BCUT2D eigenvalue weighted by atomic mass is 10.1. The van der Waals surface area contributed by atoms with Crippen LogP contribution in [0.3, 0.4) is 0 Å². The van der Waals surface area contributed by atoms with Crippen molar-refractivity contribution in [1.82, 2.24) is 0 Å². The first-order valence-corrected chi connectivity index (χ1v) is 3.19. The van der Waals surface area contributed by atoms with E-state index in [-0.39, 0.29) is 16.9 Å². The Labute approximate surface area is 63.3 Å². The first-order chi connectivity index (χ1) is 5.13. The van der Waals surface area contributed by atoms with Crippen LogP contribution < -0.4 is 0 Å². The molecule has 0 aromatic heterocycles. The van der Waals surface area contributed by atoms with E-state index in [2.05, 4.69) is 0 Å². The van der Waals surface area contributed by atoms with Crippen LogP contribution in [0.2, 0.25) is 0 Å². The standard InChI is InChI=1S/C8H8F2O/c1-5-6(8(9)10)3-2-4-7(5)11/h2-4,8,11H,1H3. The summed E-state index contributed by atoms with van der Waals surface area (Å²) >= 11 is 0. The molecule has 0 aliphatic carbocycles. The molecule has 1 N–H and O–H groups in total. The van der Waals surface area contributed by atoms with Crippen molar-refractivity contribution in [3.05, 3.63) is 29.3 Å². The largest absolute Gasteiger partial charge is 0.508 e. The average Bonchev–Trinajstić information content (AvgIpc) is 1.94. The lowest BCUT2D eigenvalue weighted by molar-refractivity contribution is 0.150. The number of phenolic OH excluding ortho intramolecular Hbond substituents is 1. The van der Waals surface area contributed by atoms with E-state index < -0.39 is 6.43 Å². The first-order valence-electron chi connectivity index (χ1n) is 3.19. The van der Waals surface area contributed by atoms with Crippen molar-refractivity contribution in [2.75, 3.05) is 0 Å². The van der Waals surface area contributed by atoms with Crippen molar-refractivity contribution >= 4 is 0 Å². The lowest BCUT2D eigenvalue weighted by Crippen LogP contribution is -1.88. The summed E-state index contributed by atoms with van der Waals surface area (Å²) in [5.41, 5.74) is 0.146. The molecule has 0 heterocycles. The molecule has 0 unspecified atom stereocenters. The fourth-order valence-corrected chi connectivity index (χ4v) is 0.877. The van der Waals surface area contributed by atoms with Crippen LogP contribution in [0.25, 0.3) is 0 Å². The highest BCUT2D eigenvalue weighted by Gasteiger charge is 2.11. The van der Waals surface area contributed by atoms with Crippen molar-refractivity contribution in [3.63, 3.8) is 0 Å². The predicted octanol–water partition coefficient (Wildman–Crippen LogP) is 2.64. The van der Waals surface area contributed by atoms with Gasteiger partial charge in [0, 0.05) is 5.56 Å². The molecule has 0 amide bonds. The van der Waals surface area contributed by atoms with Gasteiger partial charge in [-0.1, -0.05) is 12.1 Å². The first kappa shape index (κ1) is 7.98. The van der Waals surface area contributed by atoms with Gasteiger partial charge >= 0.3 is 0 Å². The second-order valence-corrected chi connectivity index (χ2v) is 2.29. The molecule has 0 bridgehead atoms. The molecule has 0 spiro atoms. The Morgan fingerprint density at radius 3 is 2.45 bits per heavy atom. The van der Waals surface area contributed by atoms with E-state index >= 15 is 0 Å². The minimum Gasteiger partial charge on any atom is -0.508 e. The molecule has 0 atom stereocenters. The second-order valence-electron chi connectivity index (χ2n) is 2.29. The fraction of sp³-hybridized carbons (Fsp3) is 0.250. The van der Waals surface area contributed by atoms with E-state index in [0.29, 0.717) is 0 Å². The fourth-order valence-electron chi connectivity index (χ4n) is 0.877. The number of rotatable bonds is 1. The van der Waals surface area contributed by atoms with Crippen LogP contribution in [-0.4, -0.2) is 5.11 Å². The van der Waals surface area contributed by atoms with E-state index in [1.165, 1.54) is 25.1 Å². The van der Waals surface area contributed by atoms with E-state index in [4.69, 9.17) is 5.11 Å². The summed E-state index contributed by atoms with van der Waals surface area (Å²) in [4.78, 5) is 0. The van der Waals surface area contributed by atoms with E-state index in [0.717, 1.165) is 0 Å². The zero-order valence-electron chi connectivity index (χ0n) is 6.01. The maximum atomic E-state index is 12.1. The van der Waals surface area contributed by atoms with Gasteiger partial charge in [-0.3, -0.25) is 0 Å². The third kappa shape index (κ3) is 1.48. The van der Waals surface area contributed by atoms with Crippen LogP contribution >= 0.6 is 0 Å². The van der Waals surface area contributed by atoms with Gasteiger partial charge in [-0.2, -0.15) is 0 Å². The molecular weight excluding hydrogens is 150 g/mol. The summed E-state index contributed by atoms with van der Waals surface area (Å²) in [7, 11) is 0. The zero-order valence-corrected chi connectivity index (χ0v) is 6.01. The molecule has 0 radical (unpaired) electrons. The molecular formula is C8H8F2O. The summed E-state index contributed by atoms with van der Waals surface area (Å²) in [6.45, 7) is 1.47. The maximum absolute atomic E-state index is 12.1. The maximum Gasteiger partial charge on any atom is 0.264 e. The van der Waals surface area contributed by atoms with Gasteiger partial charge < -0.3 is 5.11 Å². The van der Waals surface area contributed by atoms with Gasteiger partial charge in [0.15, 0.2) is 0 Å². The Morgan fingerprint density at radius 1 is 1.36 bits per heavy atom. The Balaban J connectivity index is 3.17. The quantitative estimate of drug-likeness (QED) is 0.666. The van der Waals surface area contributed by atoms with Crippen LogP contribution in [0.4, 0.5) is 8.78 Å². The summed E-state index contributed by atoms with van der Waals surface area (Å²) in [5, 5.41) is 9.02. The zero-order chi connectivity index (χ0) is 8.43. The molecule has 0 aliphatic heterocycles. The van der Waals surface area contributed by atoms with Crippen molar-refractivity contribution in [2.24, 2.45) is 0 Å². The molecule has 1 rings (SSSR count). The van der Waals surface area contributed by atoms with Crippen LogP contribution in [0, 0.1) is 6.92 Å². The predicted molar refractivity (Wildman–Crippen MR) is 37.8 cm³/mol. The molecule has 11 heavy (non-hydrogen) atoms. The van der Waals surface area contributed by atoms with Gasteiger partial charge in [-0.25, -0.2) is 8.78 Å². The van der Waals surface area contributed by atoms with Crippen LogP contribution in [0.5, 0.6) is 5.75 Å². The van der Waals surface area contributed by atoms with E-state index in [9.17, 15) is 8.78 Å². The van der Waals surface area contributed by atoms with Gasteiger partial charge in [0.25, 0.3) is 6.43 Å². The van der Waals surface area contributed by atoms with Crippen molar-refractivity contribution in [1.29, 1.82) is 0 Å². The van der Waals surface area contributed by atoms with Crippen LogP contribution in [-0.2, 0) is 0 Å². The highest BCUT2D eigenvalue weighted by molar-refractivity contribution is 5.38. The number of hydrogen-bond donors (Lipinski definition) is 1. The molecule has 60 valence electrons. The highest BCUT2D eigenvalue weighted by atomic mass is 19.3. The number of aromatic hydroxyl groups is 1. The third-order valence-corrected chi connectivity index (χ3v) is 1.58. The Kier molecular flexibility index (Phi) is 2.08. The number of alkyl halides is 2. The van der Waals surface area contributed by atoms with E-state index in [1.54, 1.807) is 0 Å². The number of phenols is 1. The topological polar surface area (TPSA) is 20.2 Å². The third-order valence-electron chi connectivity index (χ3n) is 1.58. The molecule has 0 fully saturated rings. The normalized spacial score (nSPS) is 10.5. The molecule has 3 heteroatoms. The second kappa shape index (κ2) is 2.86. The van der Waals surface area contributed by atoms with Crippen molar-refractivity contribution < 1.29 is 13.9 Å². The number of halogens is 2. The number of hydrogen-bond acceptors (Lipinski definition) is 1. The highest BCUT2D eigenvalue weighted by Crippen LogP contribution is 2.27. The summed E-state index contributed by atoms with van der Waals surface area (Å²) < 4.78 is 24.2. The van der Waals surface area contributed by atoms with Gasteiger partial charge in [0.05, 0.1) is 0 Å². The SMILES string of the molecule is Cc1c(O)cccc1C(F)F. The number of benzene rings is 1. The minimum absolute atomic E-state index is 0.0807. The molecule has 0 aliphatic rings. The van der Waals surface area contributed by atoms with Crippen molar-refractivity contribution in [3.8, 4) is 5.75 Å². The molecule has 1 aromatic rings. The Bertz CT molecular complexity index is 258. The molecule has 0 saturated heterocycles. The Morgan fingerprint density at radius 2 is 2.00 bits per heavy atom. The van der Waals surface area contributed by atoms with Gasteiger partial charge in [0.2, 0.25) is 0 Å². The molecule has 0 saturated carbocycles. The van der Waals surface area contributed by atoms with Gasteiger partial charge in [0.1, 0.15) is 5.75 Å². The smallest absolute Gasteiger partial charge is 0.264 e. The van der Waals surface area contributed by atoms with Crippen molar-refractivity contribution in [2.45, 2.75) is 13.3 Å². The Hall–Kier alpha value is -1.12. The molecule has 1 nitrogen and oxygen atoms in total. The molecule has 1 aromatic carbocycles. The summed E-state index contributed by atoms with van der Waals surface area (Å²) in [6.07, 6.45) is -2.51. The van der Waals surface area contributed by atoms with Crippen LogP contribution in [0.15, 0.2) is 18.2 Å². The van der Waals surface area contributed by atoms with Crippen LogP contribution in [0.1, 0.15) is 17.6 Å². The minimum atomic E-state index is -2.51. The van der Waals surface area contributed by atoms with E-state index in [1.807, 2.05) is 0 Å².